The van der Waals surface area contributed by atoms with Crippen LogP contribution >= 0.6 is 0 Å². The third-order valence-corrected chi connectivity index (χ3v) is 5.26. The second-order valence-corrected chi connectivity index (χ2v) is 6.15. The molecule has 3 rings (SSSR count). The van der Waals surface area contributed by atoms with Crippen LogP contribution in [0, 0.1) is 5.92 Å². The van der Waals surface area contributed by atoms with Gasteiger partial charge in [0.15, 0.2) is 0 Å². The highest BCUT2D eigenvalue weighted by molar-refractivity contribution is 4.96. The molecule has 0 radical (unpaired) electrons. The van der Waals surface area contributed by atoms with Crippen molar-refractivity contribution < 1.29 is 0 Å². The molecule has 0 aromatic rings. The first-order valence-corrected chi connectivity index (χ1v) is 7.37. The summed E-state index contributed by atoms with van der Waals surface area (Å²) in [5.41, 5.74) is 6.34. The summed E-state index contributed by atoms with van der Waals surface area (Å²) < 4.78 is 0. The number of nitrogens with zero attached hydrogens (tertiary/aromatic N) is 1. The molecule has 0 aromatic carbocycles. The highest BCUT2D eigenvalue weighted by atomic mass is 15.2. The SMILES string of the molecule is NC1CCCCC1N1CCC2CCCCC21. The highest BCUT2D eigenvalue weighted by Gasteiger charge is 2.40. The van der Waals surface area contributed by atoms with E-state index < -0.39 is 0 Å². The third-order valence-electron chi connectivity index (χ3n) is 5.26. The van der Waals surface area contributed by atoms with Crippen molar-refractivity contribution >= 4 is 0 Å². The van der Waals surface area contributed by atoms with Gasteiger partial charge in [0, 0.05) is 18.1 Å². The molecular weight excluding hydrogens is 196 g/mol. The molecule has 2 saturated carbocycles. The van der Waals surface area contributed by atoms with Gasteiger partial charge in [-0.1, -0.05) is 25.7 Å². The van der Waals surface area contributed by atoms with Crippen LogP contribution in [0.25, 0.3) is 0 Å². The number of fused-ring (bicyclic) bond motifs is 1. The number of nitrogens with two attached hydrogens (primary N) is 1. The molecule has 4 unspecified atom stereocenters. The molecule has 3 aliphatic rings. The largest absolute Gasteiger partial charge is 0.326 e. The Morgan fingerprint density at radius 1 is 0.750 bits per heavy atom. The predicted molar refractivity (Wildman–Crippen MR) is 67.3 cm³/mol. The third kappa shape index (κ3) is 1.91. The van der Waals surface area contributed by atoms with Crippen LogP contribution < -0.4 is 5.73 Å². The quantitative estimate of drug-likeness (QED) is 0.738. The van der Waals surface area contributed by atoms with E-state index in [1.165, 1.54) is 64.3 Å². The minimum absolute atomic E-state index is 0.467. The van der Waals surface area contributed by atoms with Crippen LogP contribution in [-0.4, -0.2) is 29.6 Å². The summed E-state index contributed by atoms with van der Waals surface area (Å²) in [7, 11) is 0. The second kappa shape index (κ2) is 4.66. The fourth-order valence-electron chi connectivity index (χ4n) is 4.41. The monoisotopic (exact) mass is 222 g/mol. The lowest BCUT2D eigenvalue weighted by molar-refractivity contribution is 0.0938. The van der Waals surface area contributed by atoms with Gasteiger partial charge in [0.25, 0.3) is 0 Å². The van der Waals surface area contributed by atoms with E-state index in [0.717, 1.165) is 18.0 Å². The molecule has 0 amide bonds. The summed E-state index contributed by atoms with van der Waals surface area (Å²) in [4.78, 5) is 2.81. The van der Waals surface area contributed by atoms with E-state index in [0.29, 0.717) is 6.04 Å². The van der Waals surface area contributed by atoms with Gasteiger partial charge in [0.2, 0.25) is 0 Å². The van der Waals surface area contributed by atoms with Crippen molar-refractivity contribution in [2.24, 2.45) is 11.7 Å². The number of hydrogen-bond acceptors (Lipinski definition) is 2. The predicted octanol–water partition coefficient (Wildman–Crippen LogP) is 2.52. The standard InChI is InChI=1S/C14H26N2/c15-12-6-2-4-8-14(12)16-10-9-11-5-1-3-7-13(11)16/h11-14H,1-10,15H2. The van der Waals surface area contributed by atoms with Crippen LogP contribution in [0.5, 0.6) is 0 Å². The average Bonchev–Trinajstić information content (AvgIpc) is 2.74. The first kappa shape index (κ1) is 11.0. The van der Waals surface area contributed by atoms with Gasteiger partial charge >= 0.3 is 0 Å². The Labute approximate surface area is 99.6 Å². The lowest BCUT2D eigenvalue weighted by Crippen LogP contribution is -2.52. The summed E-state index contributed by atoms with van der Waals surface area (Å²) in [6, 6.07) is 2.10. The van der Waals surface area contributed by atoms with Gasteiger partial charge in [0.05, 0.1) is 0 Å². The van der Waals surface area contributed by atoms with Crippen LogP contribution in [0.15, 0.2) is 0 Å². The van der Waals surface area contributed by atoms with E-state index in [-0.39, 0.29) is 0 Å². The van der Waals surface area contributed by atoms with Gasteiger partial charge in [0.1, 0.15) is 0 Å². The molecule has 0 bridgehead atoms. The Balaban J connectivity index is 1.69. The van der Waals surface area contributed by atoms with Crippen LogP contribution in [0.3, 0.4) is 0 Å². The summed E-state index contributed by atoms with van der Waals surface area (Å²) in [6.45, 7) is 1.34. The first-order valence-electron chi connectivity index (χ1n) is 7.37. The molecule has 1 saturated heterocycles. The van der Waals surface area contributed by atoms with Crippen molar-refractivity contribution in [2.75, 3.05) is 6.54 Å². The fourth-order valence-corrected chi connectivity index (χ4v) is 4.41. The van der Waals surface area contributed by atoms with Crippen molar-refractivity contribution in [1.82, 2.24) is 4.90 Å². The van der Waals surface area contributed by atoms with Crippen molar-refractivity contribution in [3.05, 3.63) is 0 Å². The molecule has 2 nitrogen and oxygen atoms in total. The van der Waals surface area contributed by atoms with Crippen LogP contribution in [0.1, 0.15) is 57.8 Å². The maximum Gasteiger partial charge on any atom is 0.0250 e. The average molecular weight is 222 g/mol. The Kier molecular flexibility index (Phi) is 3.21. The van der Waals surface area contributed by atoms with Crippen molar-refractivity contribution in [1.29, 1.82) is 0 Å². The van der Waals surface area contributed by atoms with E-state index >= 15 is 0 Å². The summed E-state index contributed by atoms with van der Waals surface area (Å²) in [6.07, 6.45) is 12.7. The van der Waals surface area contributed by atoms with Gasteiger partial charge < -0.3 is 5.73 Å². The molecule has 2 N–H and O–H groups in total. The van der Waals surface area contributed by atoms with Crippen molar-refractivity contribution in [2.45, 2.75) is 75.9 Å². The second-order valence-electron chi connectivity index (χ2n) is 6.15. The Morgan fingerprint density at radius 3 is 2.25 bits per heavy atom. The first-order chi connectivity index (χ1) is 7.86. The normalized spacial score (nSPS) is 45.6. The zero-order valence-electron chi connectivity index (χ0n) is 10.4. The Morgan fingerprint density at radius 2 is 1.44 bits per heavy atom. The molecule has 92 valence electrons. The number of hydrogen-bond donors (Lipinski definition) is 1. The number of likely N-dealkylation sites (tertiary alicyclic amines) is 1. The van der Waals surface area contributed by atoms with Gasteiger partial charge in [-0.15, -0.1) is 0 Å². The molecular formula is C14H26N2. The zero-order valence-corrected chi connectivity index (χ0v) is 10.4. The Hall–Kier alpha value is -0.0800. The van der Waals surface area contributed by atoms with E-state index in [4.69, 9.17) is 5.73 Å². The van der Waals surface area contributed by atoms with Crippen LogP contribution in [0.2, 0.25) is 0 Å². The van der Waals surface area contributed by atoms with Crippen molar-refractivity contribution in [3.63, 3.8) is 0 Å². The molecule has 4 atom stereocenters. The summed E-state index contributed by atoms with van der Waals surface area (Å²) >= 11 is 0. The molecule has 2 heteroatoms. The molecule has 0 aromatic heterocycles. The van der Waals surface area contributed by atoms with Crippen molar-refractivity contribution in [3.8, 4) is 0 Å². The molecule has 0 spiro atoms. The molecule has 16 heavy (non-hydrogen) atoms. The van der Waals surface area contributed by atoms with Gasteiger partial charge in [-0.2, -0.15) is 0 Å². The lowest BCUT2D eigenvalue weighted by atomic mass is 9.83. The zero-order chi connectivity index (χ0) is 11.0. The fraction of sp³-hybridized carbons (Fsp3) is 1.00. The maximum absolute atomic E-state index is 6.34. The van der Waals surface area contributed by atoms with Crippen LogP contribution in [0.4, 0.5) is 0 Å². The summed E-state index contributed by atoms with van der Waals surface area (Å²) in [5.74, 6) is 1.02. The van der Waals surface area contributed by atoms with Gasteiger partial charge in [-0.3, -0.25) is 4.90 Å². The molecule has 1 heterocycles. The topological polar surface area (TPSA) is 29.3 Å². The molecule has 1 aliphatic heterocycles. The maximum atomic E-state index is 6.34. The Bertz CT molecular complexity index is 241. The van der Waals surface area contributed by atoms with E-state index in [1.54, 1.807) is 0 Å². The lowest BCUT2D eigenvalue weighted by Gasteiger charge is -2.41. The van der Waals surface area contributed by atoms with E-state index in [2.05, 4.69) is 4.90 Å². The summed E-state index contributed by atoms with van der Waals surface area (Å²) in [5, 5.41) is 0. The minimum atomic E-state index is 0.467. The highest BCUT2D eigenvalue weighted by Crippen LogP contribution is 2.39. The van der Waals surface area contributed by atoms with Crippen LogP contribution in [-0.2, 0) is 0 Å². The smallest absolute Gasteiger partial charge is 0.0250 e. The van der Waals surface area contributed by atoms with Gasteiger partial charge in [-0.05, 0) is 44.6 Å². The molecule has 2 aliphatic carbocycles. The van der Waals surface area contributed by atoms with E-state index in [9.17, 15) is 0 Å². The minimum Gasteiger partial charge on any atom is -0.326 e. The van der Waals surface area contributed by atoms with Gasteiger partial charge in [-0.25, -0.2) is 0 Å². The number of rotatable bonds is 1. The van der Waals surface area contributed by atoms with E-state index in [1.807, 2.05) is 0 Å². The molecule has 3 fully saturated rings.